The Kier molecular flexibility index (Phi) is 6.26. The lowest BCUT2D eigenvalue weighted by Crippen LogP contribution is -2.29. The minimum atomic E-state index is -4.60. The van der Waals surface area contributed by atoms with Gasteiger partial charge in [-0.3, -0.25) is 9.78 Å². The molecule has 5 N–H and O–H groups in total. The normalized spacial score (nSPS) is 15.6. The second-order valence-electron chi connectivity index (χ2n) is 8.54. The van der Waals surface area contributed by atoms with E-state index in [0.29, 0.717) is 24.2 Å². The summed E-state index contributed by atoms with van der Waals surface area (Å²) in [5.74, 6) is -0.379. The zero-order valence-corrected chi connectivity index (χ0v) is 18.6. The first-order chi connectivity index (χ1) is 16.1. The van der Waals surface area contributed by atoms with Crippen molar-refractivity contribution in [2.24, 2.45) is 11.5 Å². The molecule has 1 unspecified atom stereocenters. The number of aromatic nitrogens is 3. The molecule has 2 heterocycles. The SMILES string of the molecule is CC(N)c1ccc(Nc2ncc(C(F)(F)F)c(CCc3ccccc3C3(C(N)=O)CC3)n2)cn1. The van der Waals surface area contributed by atoms with Crippen LogP contribution in [-0.2, 0) is 29.2 Å². The van der Waals surface area contributed by atoms with Crippen molar-refractivity contribution in [3.63, 3.8) is 0 Å². The molecule has 34 heavy (non-hydrogen) atoms. The molecule has 1 aromatic carbocycles. The van der Waals surface area contributed by atoms with E-state index in [1.54, 1.807) is 31.2 Å². The van der Waals surface area contributed by atoms with Gasteiger partial charge in [-0.25, -0.2) is 9.97 Å². The maximum atomic E-state index is 13.7. The molecule has 0 aliphatic heterocycles. The number of benzene rings is 1. The van der Waals surface area contributed by atoms with Gasteiger partial charge in [-0.1, -0.05) is 24.3 Å². The Labute approximate surface area is 194 Å². The third-order valence-corrected chi connectivity index (χ3v) is 6.07. The summed E-state index contributed by atoms with van der Waals surface area (Å²) in [5.41, 5.74) is 12.4. The van der Waals surface area contributed by atoms with Gasteiger partial charge in [-0.05, 0) is 55.9 Å². The molecule has 1 saturated carbocycles. The molecule has 1 amide bonds. The summed E-state index contributed by atoms with van der Waals surface area (Å²) in [5, 5.41) is 2.89. The zero-order valence-electron chi connectivity index (χ0n) is 18.6. The van der Waals surface area contributed by atoms with E-state index in [9.17, 15) is 18.0 Å². The maximum absolute atomic E-state index is 13.7. The number of hydrogen-bond donors (Lipinski definition) is 3. The van der Waals surface area contributed by atoms with E-state index in [1.807, 2.05) is 12.1 Å². The topological polar surface area (TPSA) is 120 Å². The van der Waals surface area contributed by atoms with Crippen molar-refractivity contribution in [2.45, 2.75) is 50.2 Å². The highest BCUT2D eigenvalue weighted by Gasteiger charge is 2.50. The Bertz CT molecular complexity index is 1190. The standard InChI is InChI=1S/C24H25F3N6O/c1-14(28)19-9-7-16(12-30-19)32-22-31-13-18(24(25,26)27)20(33-22)8-6-15-4-2-3-5-17(15)23(10-11-23)21(29)34/h2-5,7,9,12-14H,6,8,10-11,28H2,1H3,(H2,29,34)(H,31,32,33). The van der Waals surface area contributed by atoms with Crippen LogP contribution in [0.4, 0.5) is 24.8 Å². The number of aryl methyl sites for hydroxylation is 2. The Balaban J connectivity index is 1.59. The number of pyridine rings is 1. The molecule has 1 atom stereocenters. The Hall–Kier alpha value is -3.53. The molecule has 1 aliphatic carbocycles. The third-order valence-electron chi connectivity index (χ3n) is 6.07. The van der Waals surface area contributed by atoms with Crippen LogP contribution in [0.1, 0.15) is 53.9 Å². The van der Waals surface area contributed by atoms with Gasteiger partial charge >= 0.3 is 6.18 Å². The molecule has 1 fully saturated rings. The number of rotatable bonds is 8. The minimum absolute atomic E-state index is 0.0137. The van der Waals surface area contributed by atoms with E-state index >= 15 is 0 Å². The second kappa shape index (κ2) is 9.02. The summed E-state index contributed by atoms with van der Waals surface area (Å²) < 4.78 is 41.0. The molecule has 0 spiro atoms. The van der Waals surface area contributed by atoms with Gasteiger partial charge in [-0.15, -0.1) is 0 Å². The molecule has 10 heteroatoms. The molecular weight excluding hydrogens is 445 g/mol. The Morgan fingerprint density at radius 3 is 2.44 bits per heavy atom. The minimum Gasteiger partial charge on any atom is -0.369 e. The lowest BCUT2D eigenvalue weighted by atomic mass is 9.88. The highest BCUT2D eigenvalue weighted by atomic mass is 19.4. The van der Waals surface area contributed by atoms with Crippen molar-refractivity contribution in [2.75, 3.05) is 5.32 Å². The lowest BCUT2D eigenvalue weighted by molar-refractivity contribution is -0.138. The summed E-state index contributed by atoms with van der Waals surface area (Å²) in [6.45, 7) is 1.80. The number of carbonyl (C=O) groups is 1. The molecule has 2 aromatic heterocycles. The molecule has 7 nitrogen and oxygen atoms in total. The fraction of sp³-hybridized carbons (Fsp3) is 0.333. The monoisotopic (exact) mass is 470 g/mol. The molecule has 4 rings (SSSR count). The predicted molar refractivity (Wildman–Crippen MR) is 121 cm³/mol. The van der Waals surface area contributed by atoms with Gasteiger partial charge < -0.3 is 16.8 Å². The van der Waals surface area contributed by atoms with Gasteiger partial charge in [0.05, 0.1) is 34.3 Å². The van der Waals surface area contributed by atoms with Crippen LogP contribution in [-0.4, -0.2) is 20.9 Å². The van der Waals surface area contributed by atoms with Crippen molar-refractivity contribution >= 4 is 17.5 Å². The van der Waals surface area contributed by atoms with Gasteiger partial charge in [0.2, 0.25) is 11.9 Å². The van der Waals surface area contributed by atoms with Crippen LogP contribution in [0.3, 0.4) is 0 Å². The smallest absolute Gasteiger partial charge is 0.369 e. The summed E-state index contributed by atoms with van der Waals surface area (Å²) in [6, 6.07) is 10.4. The number of nitrogens with one attached hydrogen (secondary N) is 1. The molecule has 0 radical (unpaired) electrons. The van der Waals surface area contributed by atoms with E-state index in [0.717, 1.165) is 17.3 Å². The lowest BCUT2D eigenvalue weighted by Gasteiger charge is -2.18. The fourth-order valence-electron chi connectivity index (χ4n) is 4.01. The highest BCUT2D eigenvalue weighted by Crippen LogP contribution is 2.49. The Morgan fingerprint density at radius 1 is 1.12 bits per heavy atom. The Morgan fingerprint density at radius 2 is 1.85 bits per heavy atom. The van der Waals surface area contributed by atoms with Crippen LogP contribution in [0.5, 0.6) is 0 Å². The van der Waals surface area contributed by atoms with E-state index in [1.165, 1.54) is 6.20 Å². The van der Waals surface area contributed by atoms with Crippen molar-refractivity contribution in [3.8, 4) is 0 Å². The zero-order chi connectivity index (χ0) is 24.5. The van der Waals surface area contributed by atoms with E-state index in [-0.39, 0.29) is 30.5 Å². The summed E-state index contributed by atoms with van der Waals surface area (Å²) in [4.78, 5) is 24.2. The van der Waals surface area contributed by atoms with E-state index < -0.39 is 23.1 Å². The maximum Gasteiger partial charge on any atom is 0.419 e. The molecule has 3 aromatic rings. The van der Waals surface area contributed by atoms with E-state index in [2.05, 4.69) is 20.3 Å². The first-order valence-corrected chi connectivity index (χ1v) is 10.9. The largest absolute Gasteiger partial charge is 0.419 e. The van der Waals surface area contributed by atoms with Crippen LogP contribution in [0.25, 0.3) is 0 Å². The first kappa shape index (κ1) is 23.6. The number of alkyl halides is 3. The average molecular weight is 470 g/mol. The predicted octanol–water partition coefficient (Wildman–Crippen LogP) is 3.96. The van der Waals surface area contributed by atoms with Gasteiger partial charge in [0.25, 0.3) is 0 Å². The molecule has 178 valence electrons. The third kappa shape index (κ3) is 4.86. The fourth-order valence-corrected chi connectivity index (χ4v) is 4.01. The van der Waals surface area contributed by atoms with Gasteiger partial charge in [-0.2, -0.15) is 13.2 Å². The second-order valence-corrected chi connectivity index (χ2v) is 8.54. The quantitative estimate of drug-likeness (QED) is 0.459. The molecule has 0 saturated heterocycles. The van der Waals surface area contributed by atoms with Crippen LogP contribution in [0.15, 0.2) is 48.8 Å². The highest BCUT2D eigenvalue weighted by molar-refractivity contribution is 5.90. The van der Waals surface area contributed by atoms with Crippen LogP contribution >= 0.6 is 0 Å². The van der Waals surface area contributed by atoms with Crippen molar-refractivity contribution < 1.29 is 18.0 Å². The van der Waals surface area contributed by atoms with Gasteiger partial charge in [0.1, 0.15) is 0 Å². The van der Waals surface area contributed by atoms with Crippen molar-refractivity contribution in [1.82, 2.24) is 15.0 Å². The van der Waals surface area contributed by atoms with Gasteiger partial charge in [0.15, 0.2) is 0 Å². The van der Waals surface area contributed by atoms with Crippen molar-refractivity contribution in [1.29, 1.82) is 0 Å². The number of anilines is 2. The number of halogens is 3. The molecule has 0 bridgehead atoms. The number of primary amides is 1. The van der Waals surface area contributed by atoms with Crippen molar-refractivity contribution in [3.05, 3.63) is 76.9 Å². The van der Waals surface area contributed by atoms with Crippen LogP contribution in [0.2, 0.25) is 0 Å². The summed E-state index contributed by atoms with van der Waals surface area (Å²) >= 11 is 0. The first-order valence-electron chi connectivity index (χ1n) is 10.9. The van der Waals surface area contributed by atoms with Gasteiger partial charge in [0, 0.05) is 12.2 Å². The number of amides is 1. The summed E-state index contributed by atoms with van der Waals surface area (Å²) in [7, 11) is 0. The van der Waals surface area contributed by atoms with Crippen LogP contribution in [0, 0.1) is 0 Å². The van der Waals surface area contributed by atoms with E-state index in [4.69, 9.17) is 11.5 Å². The molecular formula is C24H25F3N6O. The number of nitrogens with zero attached hydrogens (tertiary/aromatic N) is 3. The van der Waals surface area contributed by atoms with Crippen LogP contribution < -0.4 is 16.8 Å². The molecule has 1 aliphatic rings. The number of hydrogen-bond acceptors (Lipinski definition) is 6. The summed E-state index contributed by atoms with van der Waals surface area (Å²) in [6.07, 6.45) is -0.719. The number of nitrogens with two attached hydrogens (primary N) is 2. The number of carbonyl (C=O) groups excluding carboxylic acids is 1. The average Bonchev–Trinajstić information content (AvgIpc) is 3.60.